The largest absolute Gasteiger partial charge is 0.457 e. The van der Waals surface area contributed by atoms with Crippen LogP contribution in [0.5, 0.6) is 11.5 Å². The van der Waals surface area contributed by atoms with Crippen LogP contribution < -0.4 is 15.4 Å². The van der Waals surface area contributed by atoms with Crippen LogP contribution in [0.4, 0.5) is 11.6 Å². The van der Waals surface area contributed by atoms with Crippen LogP contribution in [-0.4, -0.2) is 51.5 Å². The first-order valence-corrected chi connectivity index (χ1v) is 12.6. The number of nitrogens with zero attached hydrogens (tertiary/aromatic N) is 4. The molecule has 2 N–H and O–H groups in total. The molecule has 4 aromatic rings. The van der Waals surface area contributed by atoms with Crippen LogP contribution in [0.15, 0.2) is 60.8 Å². The molecule has 36 heavy (non-hydrogen) atoms. The number of rotatable bonds is 9. The van der Waals surface area contributed by atoms with Crippen LogP contribution in [0.25, 0.3) is 11.0 Å². The molecule has 8 nitrogen and oxygen atoms in total. The average Bonchev–Trinajstić information content (AvgIpc) is 3.52. The number of hydrogen-bond donors (Lipinski definition) is 2. The van der Waals surface area contributed by atoms with E-state index in [0.29, 0.717) is 23.7 Å². The van der Waals surface area contributed by atoms with Crippen molar-refractivity contribution in [2.24, 2.45) is 7.05 Å². The second-order valence-corrected chi connectivity index (χ2v) is 9.10. The summed E-state index contributed by atoms with van der Waals surface area (Å²) in [6, 6.07) is 17.6. The minimum absolute atomic E-state index is 0.192. The Balaban J connectivity index is 1.25. The van der Waals surface area contributed by atoms with Crippen molar-refractivity contribution in [3.05, 3.63) is 72.1 Å². The zero-order chi connectivity index (χ0) is 24.9. The molecule has 1 aliphatic rings. The highest BCUT2D eigenvalue weighted by Gasteiger charge is 2.14. The molecule has 1 amide bonds. The first-order chi connectivity index (χ1) is 17.6. The summed E-state index contributed by atoms with van der Waals surface area (Å²) in [5, 5.41) is 6.35. The van der Waals surface area contributed by atoms with E-state index in [1.54, 1.807) is 18.3 Å². The van der Waals surface area contributed by atoms with Gasteiger partial charge in [0.15, 0.2) is 0 Å². The number of fused-ring (bicyclic) bond motifs is 1. The van der Waals surface area contributed by atoms with E-state index >= 15 is 0 Å². The Kier molecular flexibility index (Phi) is 7.13. The highest BCUT2D eigenvalue weighted by Crippen LogP contribution is 2.28. The number of carbonyl (C=O) groups excluding carboxylic acids is 1. The number of aromatic nitrogens is 3. The van der Waals surface area contributed by atoms with Crippen molar-refractivity contribution in [1.82, 2.24) is 24.8 Å². The van der Waals surface area contributed by atoms with E-state index in [0.717, 1.165) is 48.7 Å². The molecule has 1 aliphatic heterocycles. The van der Waals surface area contributed by atoms with Gasteiger partial charge in [0, 0.05) is 44.2 Å². The van der Waals surface area contributed by atoms with Crippen molar-refractivity contribution in [2.75, 3.05) is 31.5 Å². The van der Waals surface area contributed by atoms with E-state index in [4.69, 9.17) is 9.72 Å². The maximum Gasteiger partial charge on any atom is 0.270 e. The van der Waals surface area contributed by atoms with Crippen molar-refractivity contribution in [3.8, 4) is 11.5 Å². The quantitative estimate of drug-likeness (QED) is 0.352. The molecule has 1 saturated heterocycles. The second-order valence-electron chi connectivity index (χ2n) is 9.10. The van der Waals surface area contributed by atoms with E-state index < -0.39 is 0 Å². The zero-order valence-corrected chi connectivity index (χ0v) is 20.8. The molecule has 0 aliphatic carbocycles. The molecule has 3 heterocycles. The second kappa shape index (κ2) is 10.8. The van der Waals surface area contributed by atoms with Crippen molar-refractivity contribution in [1.29, 1.82) is 0 Å². The SMILES string of the molecule is CCc1ccc(Nc2nc3cc(Oc4ccnc(C(=O)NCCN5CCCC5)c4)ccc3n2C)cc1. The molecule has 0 spiro atoms. The van der Waals surface area contributed by atoms with Crippen molar-refractivity contribution in [2.45, 2.75) is 26.2 Å². The number of carbonyl (C=O) groups is 1. The number of amides is 1. The van der Waals surface area contributed by atoms with Gasteiger partial charge in [-0.1, -0.05) is 19.1 Å². The van der Waals surface area contributed by atoms with Crippen molar-refractivity contribution in [3.63, 3.8) is 0 Å². The van der Waals surface area contributed by atoms with Crippen molar-refractivity contribution < 1.29 is 9.53 Å². The summed E-state index contributed by atoms with van der Waals surface area (Å²) >= 11 is 0. The molecular weight excluding hydrogens is 452 g/mol. The zero-order valence-electron chi connectivity index (χ0n) is 20.8. The van der Waals surface area contributed by atoms with Gasteiger partial charge in [0.1, 0.15) is 17.2 Å². The van der Waals surface area contributed by atoms with Gasteiger partial charge >= 0.3 is 0 Å². The summed E-state index contributed by atoms with van der Waals surface area (Å²) < 4.78 is 8.08. The van der Waals surface area contributed by atoms with Gasteiger partial charge in [0.05, 0.1) is 11.0 Å². The minimum Gasteiger partial charge on any atom is -0.457 e. The highest BCUT2D eigenvalue weighted by molar-refractivity contribution is 5.92. The third kappa shape index (κ3) is 5.49. The Labute approximate surface area is 211 Å². The summed E-state index contributed by atoms with van der Waals surface area (Å²) in [5.41, 5.74) is 4.43. The summed E-state index contributed by atoms with van der Waals surface area (Å²) in [7, 11) is 1.98. The fourth-order valence-corrected chi connectivity index (χ4v) is 4.47. The van der Waals surface area contributed by atoms with Crippen LogP contribution in [0.3, 0.4) is 0 Å². The molecule has 0 radical (unpaired) electrons. The Hall–Kier alpha value is -3.91. The Morgan fingerprint density at radius 3 is 2.58 bits per heavy atom. The van der Waals surface area contributed by atoms with Gasteiger partial charge in [-0.2, -0.15) is 0 Å². The summed E-state index contributed by atoms with van der Waals surface area (Å²) in [5.74, 6) is 1.76. The first-order valence-electron chi connectivity index (χ1n) is 12.6. The van der Waals surface area contributed by atoms with Crippen molar-refractivity contribution >= 4 is 28.6 Å². The first kappa shape index (κ1) is 23.8. The molecule has 0 unspecified atom stereocenters. The highest BCUT2D eigenvalue weighted by atomic mass is 16.5. The lowest BCUT2D eigenvalue weighted by Gasteiger charge is -2.14. The lowest BCUT2D eigenvalue weighted by molar-refractivity contribution is 0.0944. The van der Waals surface area contributed by atoms with E-state index in [9.17, 15) is 4.79 Å². The van der Waals surface area contributed by atoms with Crippen LogP contribution in [0.1, 0.15) is 35.8 Å². The predicted octanol–water partition coefficient (Wildman–Crippen LogP) is 4.89. The van der Waals surface area contributed by atoms with Gasteiger partial charge in [-0.3, -0.25) is 9.78 Å². The number of pyridine rings is 1. The summed E-state index contributed by atoms with van der Waals surface area (Å²) in [6.45, 7) is 5.85. The van der Waals surface area contributed by atoms with Crippen LogP contribution >= 0.6 is 0 Å². The fourth-order valence-electron chi connectivity index (χ4n) is 4.47. The van der Waals surface area contributed by atoms with Crippen LogP contribution in [-0.2, 0) is 13.5 Å². The molecule has 1 fully saturated rings. The Morgan fingerprint density at radius 1 is 1.03 bits per heavy atom. The molecule has 8 heteroatoms. The van der Waals surface area contributed by atoms with Gasteiger partial charge in [0.25, 0.3) is 5.91 Å². The predicted molar refractivity (Wildman–Crippen MR) is 142 cm³/mol. The Morgan fingerprint density at radius 2 is 1.81 bits per heavy atom. The van der Waals surface area contributed by atoms with Crippen LogP contribution in [0, 0.1) is 0 Å². The number of imidazole rings is 1. The molecule has 2 aromatic carbocycles. The van der Waals surface area contributed by atoms with Gasteiger partial charge in [0.2, 0.25) is 5.95 Å². The topological polar surface area (TPSA) is 84.3 Å². The normalized spacial score (nSPS) is 13.7. The van der Waals surface area contributed by atoms with Gasteiger partial charge in [-0.15, -0.1) is 0 Å². The number of likely N-dealkylation sites (tertiary alicyclic amines) is 1. The van der Waals surface area contributed by atoms with Gasteiger partial charge in [-0.05, 0) is 68.2 Å². The maximum atomic E-state index is 12.6. The summed E-state index contributed by atoms with van der Waals surface area (Å²) in [4.78, 5) is 23.9. The molecule has 0 atom stereocenters. The Bertz CT molecular complexity index is 1340. The molecule has 186 valence electrons. The number of anilines is 2. The van der Waals surface area contributed by atoms with E-state index in [-0.39, 0.29) is 5.91 Å². The van der Waals surface area contributed by atoms with E-state index in [1.807, 2.05) is 29.8 Å². The number of hydrogen-bond acceptors (Lipinski definition) is 6. The molecular formula is C28H32N6O2. The molecule has 0 bridgehead atoms. The van der Waals surface area contributed by atoms with E-state index in [2.05, 4.69) is 51.7 Å². The van der Waals surface area contributed by atoms with Crippen LogP contribution in [0.2, 0.25) is 0 Å². The lowest BCUT2D eigenvalue weighted by atomic mass is 10.1. The molecule has 2 aromatic heterocycles. The number of aryl methyl sites for hydroxylation is 2. The fraction of sp³-hybridized carbons (Fsp3) is 0.321. The average molecular weight is 485 g/mol. The maximum absolute atomic E-state index is 12.6. The van der Waals surface area contributed by atoms with E-state index in [1.165, 1.54) is 18.4 Å². The molecule has 5 rings (SSSR count). The molecule has 0 saturated carbocycles. The lowest BCUT2D eigenvalue weighted by Crippen LogP contribution is -2.33. The van der Waals surface area contributed by atoms with Gasteiger partial charge in [-0.25, -0.2) is 4.98 Å². The third-order valence-corrected chi connectivity index (χ3v) is 6.58. The third-order valence-electron chi connectivity index (χ3n) is 6.58. The monoisotopic (exact) mass is 484 g/mol. The van der Waals surface area contributed by atoms with Gasteiger partial charge < -0.3 is 24.8 Å². The number of nitrogens with one attached hydrogen (secondary N) is 2. The smallest absolute Gasteiger partial charge is 0.270 e. The number of benzene rings is 2. The minimum atomic E-state index is -0.192. The standard InChI is InChI=1S/C28H32N6O2/c1-3-20-6-8-21(9-7-20)31-28-32-24-18-22(10-11-26(24)33(28)2)36-23-12-13-29-25(19-23)27(35)30-14-17-34-15-4-5-16-34/h6-13,18-19H,3-5,14-17H2,1-2H3,(H,30,35)(H,31,32). The number of ether oxygens (including phenoxy) is 1. The summed E-state index contributed by atoms with van der Waals surface area (Å²) in [6.07, 6.45) is 5.08.